The summed E-state index contributed by atoms with van der Waals surface area (Å²) < 4.78 is 17.3. The van der Waals surface area contributed by atoms with Crippen LogP contribution in [0.5, 0.6) is 17.2 Å². The van der Waals surface area contributed by atoms with Crippen LogP contribution >= 0.6 is 11.3 Å². The molecule has 8 nitrogen and oxygen atoms in total. The summed E-state index contributed by atoms with van der Waals surface area (Å²) in [6.45, 7) is 6.32. The summed E-state index contributed by atoms with van der Waals surface area (Å²) in [5, 5.41) is 26.2. The number of aliphatic hydroxyl groups excluding tert-OH is 1. The number of carbonyl (C=O) groups excluding carboxylic acids is 2. The Labute approximate surface area is 339 Å². The number of thiophene rings is 1. The summed E-state index contributed by atoms with van der Waals surface area (Å²) in [6, 6.07) is 28.8. The van der Waals surface area contributed by atoms with Crippen LogP contribution in [0, 0.1) is 12.3 Å². The number of ketones is 1. The molecule has 2 N–H and O–H groups in total. The van der Waals surface area contributed by atoms with Crippen LogP contribution in [-0.4, -0.2) is 59.5 Å². The molecule has 5 aromatic rings. The van der Waals surface area contributed by atoms with Crippen molar-refractivity contribution in [2.45, 2.75) is 89.9 Å². The monoisotopic (exact) mass is 787 g/mol. The first-order valence-electron chi connectivity index (χ1n) is 19.9. The minimum atomic E-state index is -1.37. The van der Waals surface area contributed by atoms with E-state index in [4.69, 9.17) is 14.2 Å². The fourth-order valence-corrected chi connectivity index (χ4v) is 9.79. The van der Waals surface area contributed by atoms with Gasteiger partial charge in [0.2, 0.25) is 5.78 Å². The van der Waals surface area contributed by atoms with E-state index in [1.54, 1.807) is 31.3 Å². The molecule has 2 bridgehead atoms. The predicted molar refractivity (Wildman–Crippen MR) is 226 cm³/mol. The number of amides is 1. The lowest BCUT2D eigenvalue weighted by molar-refractivity contribution is -0.0802. The summed E-state index contributed by atoms with van der Waals surface area (Å²) in [5.74, 6) is 1.33. The smallest absolute Gasteiger partial charge is 0.415 e. The lowest BCUT2D eigenvalue weighted by Crippen LogP contribution is -2.54. The third-order valence-electron chi connectivity index (χ3n) is 12.4. The molecular weight excluding hydrogens is 735 g/mol. The first-order valence-corrected chi connectivity index (χ1v) is 20.7. The third kappa shape index (κ3) is 8.52. The van der Waals surface area contributed by atoms with Gasteiger partial charge in [0.1, 0.15) is 17.2 Å². The Morgan fingerprint density at radius 1 is 0.877 bits per heavy atom. The van der Waals surface area contributed by atoms with E-state index in [0.29, 0.717) is 66.2 Å². The molecule has 8 rings (SSSR count). The summed E-state index contributed by atoms with van der Waals surface area (Å²) in [7, 11) is 3.17. The number of aliphatic hydroxyl groups is 2. The zero-order chi connectivity index (χ0) is 40.3. The van der Waals surface area contributed by atoms with E-state index in [0.717, 1.165) is 38.8 Å². The number of allylic oxidation sites excluding steroid dienone is 2. The molecule has 4 aromatic carbocycles. The average molecular weight is 788 g/mol. The molecule has 0 radical (unpaired) electrons. The molecular formula is C48H53NO7S. The van der Waals surface area contributed by atoms with Crippen LogP contribution in [-0.2, 0) is 13.0 Å². The van der Waals surface area contributed by atoms with Crippen LogP contribution in [0.15, 0.2) is 103 Å². The van der Waals surface area contributed by atoms with Crippen molar-refractivity contribution in [1.29, 1.82) is 0 Å². The van der Waals surface area contributed by atoms with E-state index in [1.165, 1.54) is 16.9 Å². The zero-order valence-electron chi connectivity index (χ0n) is 33.5. The van der Waals surface area contributed by atoms with Crippen LogP contribution in [0.4, 0.5) is 4.79 Å². The summed E-state index contributed by atoms with van der Waals surface area (Å²) in [6.07, 6.45) is 5.24. The topological polar surface area (TPSA) is 106 Å². The van der Waals surface area contributed by atoms with Crippen molar-refractivity contribution >= 4 is 34.0 Å². The van der Waals surface area contributed by atoms with Gasteiger partial charge in [0.25, 0.3) is 0 Å². The van der Waals surface area contributed by atoms with Crippen molar-refractivity contribution in [2.24, 2.45) is 5.41 Å². The molecule has 0 aliphatic heterocycles. The van der Waals surface area contributed by atoms with Crippen LogP contribution in [0.25, 0.3) is 10.8 Å². The van der Waals surface area contributed by atoms with Gasteiger partial charge in [-0.05, 0) is 129 Å². The maximum absolute atomic E-state index is 14.5. The summed E-state index contributed by atoms with van der Waals surface area (Å²) in [5.41, 5.74) is 2.21. The third-order valence-corrected chi connectivity index (χ3v) is 13.4. The predicted octanol–water partition coefficient (Wildman–Crippen LogP) is 10.2. The number of benzene rings is 4. The average Bonchev–Trinajstić information content (AvgIpc) is 3.75. The zero-order valence-corrected chi connectivity index (χ0v) is 34.4. The van der Waals surface area contributed by atoms with E-state index in [1.807, 2.05) is 85.8 Å². The van der Waals surface area contributed by atoms with Crippen molar-refractivity contribution in [3.8, 4) is 17.2 Å². The van der Waals surface area contributed by atoms with Crippen LogP contribution in [0.3, 0.4) is 0 Å². The minimum absolute atomic E-state index is 0.0119. The quantitative estimate of drug-likeness (QED) is 0.113. The lowest BCUT2D eigenvalue weighted by atomic mass is 9.64. The number of carbonyl (C=O) groups is 2. The fourth-order valence-electron chi connectivity index (χ4n) is 8.97. The first kappa shape index (κ1) is 40.2. The molecule has 57 heavy (non-hydrogen) atoms. The standard InChI is InChI=1S/C48H53NO7S/c1-31-9-8-23-47(3)42(40-20-14-33(25-37(50)17-12-31)26-41(40)45(51)44-21-13-32(2)57-44)22-24-48(47,53)30-49(29-36-16-18-38(54-4)28-43(36)55-5)46(52)56-39-19-15-34-10-6-7-11-35(34)27-39/h6-7,9-11,13-16,18-21,26-28,37,42,50,53H,8,12,17,22-25,29-30H2,1-5H3. The van der Waals surface area contributed by atoms with Crippen molar-refractivity contribution in [3.05, 3.63) is 135 Å². The Kier molecular flexibility index (Phi) is 11.9. The maximum Gasteiger partial charge on any atom is 0.415 e. The van der Waals surface area contributed by atoms with Gasteiger partial charge in [0.05, 0.1) is 43.9 Å². The molecule has 9 heteroatoms. The molecule has 1 heterocycles. The highest BCUT2D eigenvalue weighted by atomic mass is 32.1. The maximum atomic E-state index is 14.5. The number of fused-ring (bicyclic) bond motifs is 9. The minimum Gasteiger partial charge on any atom is -0.497 e. The lowest BCUT2D eigenvalue weighted by Gasteiger charge is -2.46. The van der Waals surface area contributed by atoms with Crippen LogP contribution in [0.1, 0.15) is 95.1 Å². The van der Waals surface area contributed by atoms with E-state index >= 15 is 0 Å². The molecule has 3 aliphatic carbocycles. The molecule has 298 valence electrons. The van der Waals surface area contributed by atoms with E-state index in [-0.39, 0.29) is 24.8 Å². The Bertz CT molecular complexity index is 2300. The van der Waals surface area contributed by atoms with Gasteiger partial charge in [-0.2, -0.15) is 0 Å². The second-order valence-corrected chi connectivity index (χ2v) is 17.4. The summed E-state index contributed by atoms with van der Waals surface area (Å²) >= 11 is 1.48. The van der Waals surface area contributed by atoms with E-state index in [9.17, 15) is 19.8 Å². The van der Waals surface area contributed by atoms with Gasteiger partial charge in [-0.3, -0.25) is 4.79 Å². The number of ether oxygens (including phenoxy) is 3. The van der Waals surface area contributed by atoms with Crippen LogP contribution in [0.2, 0.25) is 0 Å². The number of methoxy groups -OCH3 is 2. The Morgan fingerprint density at radius 2 is 1.67 bits per heavy atom. The molecule has 0 spiro atoms. The molecule has 4 unspecified atom stereocenters. The molecule has 1 aromatic heterocycles. The van der Waals surface area contributed by atoms with Gasteiger partial charge >= 0.3 is 6.09 Å². The number of nitrogens with zero attached hydrogens (tertiary/aromatic N) is 1. The highest BCUT2D eigenvalue weighted by Gasteiger charge is 2.58. The van der Waals surface area contributed by atoms with Gasteiger partial charge in [-0.15, -0.1) is 11.3 Å². The molecule has 0 saturated heterocycles. The Morgan fingerprint density at radius 3 is 2.42 bits per heavy atom. The molecule has 3 aliphatic rings. The van der Waals surface area contributed by atoms with E-state index < -0.39 is 23.2 Å². The van der Waals surface area contributed by atoms with Gasteiger partial charge in [0, 0.05) is 27.5 Å². The SMILES string of the molecule is COc1ccc(CN(CC2(O)CCC3c4ccc(cc4C(=O)c4ccc(C)s4)CC(O)CCC(C)=CCCC32C)C(=O)Oc2ccc3ccccc3c2)c(OC)c1. The van der Waals surface area contributed by atoms with Crippen LogP contribution < -0.4 is 14.2 Å². The summed E-state index contributed by atoms with van der Waals surface area (Å²) in [4.78, 5) is 32.2. The normalized spacial score (nSPS) is 22.3. The second kappa shape index (κ2) is 16.9. The van der Waals surface area contributed by atoms with Gasteiger partial charge in [-0.25, -0.2) is 4.79 Å². The number of hydrogen-bond donors (Lipinski definition) is 2. The number of rotatable bonds is 9. The van der Waals surface area contributed by atoms with E-state index in [2.05, 4.69) is 19.9 Å². The molecule has 1 saturated carbocycles. The Hall–Kier alpha value is -4.96. The van der Waals surface area contributed by atoms with Crippen molar-refractivity contribution < 1.29 is 34.0 Å². The highest BCUT2D eigenvalue weighted by Crippen LogP contribution is 2.59. The highest BCUT2D eigenvalue weighted by molar-refractivity contribution is 7.14. The van der Waals surface area contributed by atoms with Gasteiger partial charge in [0.15, 0.2) is 0 Å². The number of aryl methyl sites for hydroxylation is 1. The number of hydrogen-bond acceptors (Lipinski definition) is 8. The molecule has 1 fully saturated rings. The molecule has 4 atom stereocenters. The first-order chi connectivity index (χ1) is 27.4. The van der Waals surface area contributed by atoms with Gasteiger partial charge < -0.3 is 29.3 Å². The Balaban J connectivity index is 1.30. The van der Waals surface area contributed by atoms with Crippen molar-refractivity contribution in [1.82, 2.24) is 4.90 Å². The van der Waals surface area contributed by atoms with Crippen molar-refractivity contribution in [2.75, 3.05) is 20.8 Å². The second-order valence-electron chi connectivity index (χ2n) is 16.1. The van der Waals surface area contributed by atoms with Gasteiger partial charge in [-0.1, -0.05) is 61.0 Å². The van der Waals surface area contributed by atoms with Crippen molar-refractivity contribution in [3.63, 3.8) is 0 Å². The largest absolute Gasteiger partial charge is 0.497 e. The molecule has 1 amide bonds. The fraction of sp³-hybridized carbons (Fsp3) is 0.375.